The molecule has 2 N–H and O–H groups in total. The van der Waals surface area contributed by atoms with Gasteiger partial charge in [0.05, 0.1) is 0 Å². The topological polar surface area (TPSA) is 105 Å². The van der Waals surface area contributed by atoms with E-state index in [1.807, 2.05) is 30.3 Å². The van der Waals surface area contributed by atoms with Crippen molar-refractivity contribution in [3.8, 4) is 0 Å². The molecule has 8 heteroatoms. The molecule has 1 fully saturated rings. The first-order chi connectivity index (χ1) is 13.6. The number of carbonyl (C=O) groups is 3. The van der Waals surface area contributed by atoms with Crippen LogP contribution in [-0.2, 0) is 20.9 Å². The van der Waals surface area contributed by atoms with Crippen LogP contribution in [0.3, 0.4) is 0 Å². The number of carbonyl (C=O) groups excluding carboxylic acids is 2. The van der Waals surface area contributed by atoms with Gasteiger partial charge in [-0.1, -0.05) is 30.3 Å². The zero-order valence-corrected chi connectivity index (χ0v) is 17.2. The van der Waals surface area contributed by atoms with Crippen LogP contribution in [0, 0.1) is 5.92 Å². The number of aliphatic carboxylic acids is 1. The van der Waals surface area contributed by atoms with Crippen LogP contribution in [0.25, 0.3) is 0 Å². The molecular formula is C21H30N2O6. The molecule has 160 valence electrons. The molecule has 0 aromatic heterocycles. The van der Waals surface area contributed by atoms with Gasteiger partial charge in [-0.25, -0.2) is 14.4 Å². The Morgan fingerprint density at radius 2 is 1.93 bits per heavy atom. The highest BCUT2D eigenvalue weighted by atomic mass is 16.6. The van der Waals surface area contributed by atoms with Gasteiger partial charge in [-0.05, 0) is 51.5 Å². The molecule has 0 radical (unpaired) electrons. The predicted octanol–water partition coefficient (Wildman–Crippen LogP) is 3.40. The molecule has 1 unspecified atom stereocenters. The van der Waals surface area contributed by atoms with Crippen molar-refractivity contribution in [3.05, 3.63) is 35.9 Å². The van der Waals surface area contributed by atoms with Gasteiger partial charge < -0.3 is 24.8 Å². The van der Waals surface area contributed by atoms with Crippen molar-refractivity contribution < 1.29 is 29.0 Å². The lowest BCUT2D eigenvalue weighted by atomic mass is 9.91. The Kier molecular flexibility index (Phi) is 7.87. The Hall–Kier alpha value is -2.77. The fourth-order valence-corrected chi connectivity index (χ4v) is 3.21. The third-order valence-electron chi connectivity index (χ3n) is 4.54. The number of rotatable bonds is 6. The van der Waals surface area contributed by atoms with Gasteiger partial charge >= 0.3 is 18.2 Å². The lowest BCUT2D eigenvalue weighted by molar-refractivity contribution is -0.140. The highest BCUT2D eigenvalue weighted by Gasteiger charge is 2.31. The number of ether oxygens (including phenoxy) is 2. The van der Waals surface area contributed by atoms with Crippen LogP contribution in [0.2, 0.25) is 0 Å². The summed E-state index contributed by atoms with van der Waals surface area (Å²) in [5, 5.41) is 11.9. The highest BCUT2D eigenvalue weighted by Crippen LogP contribution is 2.23. The van der Waals surface area contributed by atoms with Crippen LogP contribution >= 0.6 is 0 Å². The molecule has 0 aliphatic carbocycles. The fourth-order valence-electron chi connectivity index (χ4n) is 3.21. The zero-order chi connectivity index (χ0) is 21.4. The molecule has 2 atom stereocenters. The van der Waals surface area contributed by atoms with Crippen LogP contribution in [-0.4, -0.2) is 52.9 Å². The van der Waals surface area contributed by atoms with E-state index in [1.165, 1.54) is 0 Å². The number of amides is 2. The van der Waals surface area contributed by atoms with Crippen LogP contribution in [0.15, 0.2) is 30.3 Å². The van der Waals surface area contributed by atoms with E-state index < -0.39 is 29.8 Å². The van der Waals surface area contributed by atoms with Crippen molar-refractivity contribution >= 4 is 18.2 Å². The minimum Gasteiger partial charge on any atom is -0.480 e. The zero-order valence-electron chi connectivity index (χ0n) is 17.2. The summed E-state index contributed by atoms with van der Waals surface area (Å²) in [5.74, 6) is -1.18. The lowest BCUT2D eigenvalue weighted by Gasteiger charge is -2.35. The average Bonchev–Trinajstić information content (AvgIpc) is 2.65. The first-order valence-corrected chi connectivity index (χ1v) is 9.82. The maximum absolute atomic E-state index is 12.3. The molecule has 1 aliphatic rings. The number of nitrogens with one attached hydrogen (secondary N) is 1. The number of carboxylic acid groups (broad SMARTS) is 1. The monoisotopic (exact) mass is 406 g/mol. The summed E-state index contributed by atoms with van der Waals surface area (Å²) in [6.07, 6.45) is 0.582. The smallest absolute Gasteiger partial charge is 0.410 e. The molecule has 0 bridgehead atoms. The summed E-state index contributed by atoms with van der Waals surface area (Å²) in [4.78, 5) is 37.5. The van der Waals surface area contributed by atoms with E-state index in [-0.39, 0.29) is 18.9 Å². The van der Waals surface area contributed by atoms with Gasteiger partial charge in [0.25, 0.3) is 0 Å². The summed E-state index contributed by atoms with van der Waals surface area (Å²) in [7, 11) is 0. The second-order valence-electron chi connectivity index (χ2n) is 8.27. The van der Waals surface area contributed by atoms with Crippen molar-refractivity contribution in [1.82, 2.24) is 10.2 Å². The Labute approximate surface area is 171 Å². The van der Waals surface area contributed by atoms with Crippen molar-refractivity contribution in [2.45, 2.75) is 58.3 Å². The van der Waals surface area contributed by atoms with E-state index in [2.05, 4.69) is 5.32 Å². The molecule has 0 saturated carbocycles. The van der Waals surface area contributed by atoms with Gasteiger partial charge in [0.15, 0.2) is 0 Å². The Bertz CT molecular complexity index is 701. The van der Waals surface area contributed by atoms with Crippen molar-refractivity contribution in [2.24, 2.45) is 5.92 Å². The molecule has 8 nitrogen and oxygen atoms in total. The number of hydrogen-bond acceptors (Lipinski definition) is 5. The van der Waals surface area contributed by atoms with Gasteiger partial charge in [0.2, 0.25) is 0 Å². The SMILES string of the molecule is CC(C)(C)OC(=O)N1CCCC(C[C@@H](NC(=O)OCc2ccccc2)C(=O)O)C1. The van der Waals surface area contributed by atoms with Crippen molar-refractivity contribution in [1.29, 1.82) is 0 Å². The molecule has 1 aliphatic heterocycles. The average molecular weight is 406 g/mol. The Morgan fingerprint density at radius 1 is 1.24 bits per heavy atom. The van der Waals surface area contributed by atoms with Crippen LogP contribution in [0.4, 0.5) is 9.59 Å². The standard InChI is InChI=1S/C21H30N2O6/c1-21(2,3)29-20(27)23-11-7-10-16(13-23)12-17(18(24)25)22-19(26)28-14-15-8-5-4-6-9-15/h4-6,8-9,16-17H,7,10-14H2,1-3H3,(H,22,26)(H,24,25)/t16?,17-/m1/s1. The molecule has 1 aromatic carbocycles. The summed E-state index contributed by atoms with van der Waals surface area (Å²) in [6, 6.07) is 8.06. The molecule has 1 heterocycles. The molecule has 0 spiro atoms. The van der Waals surface area contributed by atoms with Gasteiger partial charge in [-0.2, -0.15) is 0 Å². The maximum atomic E-state index is 12.3. The summed E-state index contributed by atoms with van der Waals surface area (Å²) in [5.41, 5.74) is 0.229. The molecule has 2 amide bonds. The van der Waals surface area contributed by atoms with Gasteiger partial charge in [0.1, 0.15) is 18.2 Å². The van der Waals surface area contributed by atoms with Crippen LogP contribution in [0.5, 0.6) is 0 Å². The molecule has 29 heavy (non-hydrogen) atoms. The maximum Gasteiger partial charge on any atom is 0.410 e. The lowest BCUT2D eigenvalue weighted by Crippen LogP contribution is -2.47. The van der Waals surface area contributed by atoms with E-state index in [0.717, 1.165) is 18.4 Å². The van der Waals surface area contributed by atoms with Crippen LogP contribution in [0.1, 0.15) is 45.6 Å². The molecule has 1 aromatic rings. The molecule has 2 rings (SSSR count). The van der Waals surface area contributed by atoms with Gasteiger partial charge in [-0.3, -0.25) is 0 Å². The Balaban J connectivity index is 1.86. The van der Waals surface area contributed by atoms with E-state index in [4.69, 9.17) is 9.47 Å². The second-order valence-corrected chi connectivity index (χ2v) is 8.27. The number of hydrogen-bond donors (Lipinski definition) is 2. The second kappa shape index (κ2) is 10.1. The molecular weight excluding hydrogens is 376 g/mol. The predicted molar refractivity (Wildman–Crippen MR) is 106 cm³/mol. The number of alkyl carbamates (subject to hydrolysis) is 1. The van der Waals surface area contributed by atoms with E-state index in [1.54, 1.807) is 25.7 Å². The van der Waals surface area contributed by atoms with Crippen molar-refractivity contribution in [2.75, 3.05) is 13.1 Å². The normalized spacial score (nSPS) is 17.9. The minimum atomic E-state index is -1.13. The fraction of sp³-hybridized carbons (Fsp3) is 0.571. The molecule has 1 saturated heterocycles. The van der Waals surface area contributed by atoms with Gasteiger partial charge in [-0.15, -0.1) is 0 Å². The summed E-state index contributed by atoms with van der Waals surface area (Å²) < 4.78 is 10.5. The minimum absolute atomic E-state index is 0.0493. The van der Waals surface area contributed by atoms with E-state index >= 15 is 0 Å². The number of benzene rings is 1. The Morgan fingerprint density at radius 3 is 2.55 bits per heavy atom. The van der Waals surface area contributed by atoms with E-state index in [9.17, 15) is 19.5 Å². The van der Waals surface area contributed by atoms with Gasteiger partial charge in [0, 0.05) is 13.1 Å². The number of carboxylic acids is 1. The third-order valence-corrected chi connectivity index (χ3v) is 4.54. The highest BCUT2D eigenvalue weighted by molar-refractivity contribution is 5.79. The quantitative estimate of drug-likeness (QED) is 0.750. The first kappa shape index (κ1) is 22.5. The van der Waals surface area contributed by atoms with Crippen LogP contribution < -0.4 is 5.32 Å². The summed E-state index contributed by atoms with van der Waals surface area (Å²) >= 11 is 0. The number of nitrogens with zero attached hydrogens (tertiary/aromatic N) is 1. The summed E-state index contributed by atoms with van der Waals surface area (Å²) in [6.45, 7) is 6.46. The first-order valence-electron chi connectivity index (χ1n) is 9.82. The number of piperidine rings is 1. The largest absolute Gasteiger partial charge is 0.480 e. The van der Waals surface area contributed by atoms with Crippen molar-refractivity contribution in [3.63, 3.8) is 0 Å². The van der Waals surface area contributed by atoms with E-state index in [0.29, 0.717) is 13.1 Å². The third kappa shape index (κ3) is 8.01. The number of likely N-dealkylation sites (tertiary alicyclic amines) is 1.